The molecule has 8 heteroatoms. The number of halogens is 2. The van der Waals surface area contributed by atoms with Gasteiger partial charge in [-0.3, -0.25) is 14.4 Å². The molecule has 0 spiro atoms. The summed E-state index contributed by atoms with van der Waals surface area (Å²) in [7, 11) is 0. The quantitative estimate of drug-likeness (QED) is 0.451. The number of nitrogens with zero attached hydrogens (tertiary/aromatic N) is 1. The molecular formula is C25H19Cl2N3O3. The van der Waals surface area contributed by atoms with Crippen LogP contribution in [0.2, 0.25) is 5.02 Å². The van der Waals surface area contributed by atoms with Crippen LogP contribution < -0.4 is 15.5 Å². The van der Waals surface area contributed by atoms with Crippen LogP contribution in [-0.2, 0) is 16.0 Å². The number of nitrogens with one attached hydrogen (secondary N) is 2. The fourth-order valence-electron chi connectivity index (χ4n) is 3.49. The maximum Gasteiger partial charge on any atom is 0.283 e. The van der Waals surface area contributed by atoms with Crippen LogP contribution in [0.1, 0.15) is 22.8 Å². The first-order valence-corrected chi connectivity index (χ1v) is 11.0. The minimum absolute atomic E-state index is 0.0875. The summed E-state index contributed by atoms with van der Waals surface area (Å²) < 4.78 is 0. The Kier molecular flexibility index (Phi) is 6.49. The van der Waals surface area contributed by atoms with Crippen molar-refractivity contribution in [2.24, 2.45) is 0 Å². The molecule has 0 saturated heterocycles. The average molecular weight is 480 g/mol. The van der Waals surface area contributed by atoms with Crippen molar-refractivity contribution in [2.45, 2.75) is 13.3 Å². The summed E-state index contributed by atoms with van der Waals surface area (Å²) in [5, 5.41) is 5.78. The smallest absolute Gasteiger partial charge is 0.283 e. The molecule has 166 valence electrons. The van der Waals surface area contributed by atoms with Crippen molar-refractivity contribution in [2.75, 3.05) is 15.5 Å². The Hall–Kier alpha value is -3.61. The molecule has 0 radical (unpaired) electrons. The van der Waals surface area contributed by atoms with E-state index in [2.05, 4.69) is 10.6 Å². The van der Waals surface area contributed by atoms with Crippen molar-refractivity contribution in [1.29, 1.82) is 0 Å². The number of hydrogen-bond donors (Lipinski definition) is 2. The summed E-state index contributed by atoms with van der Waals surface area (Å²) in [4.78, 5) is 39.4. The lowest BCUT2D eigenvalue weighted by Crippen LogP contribution is -2.32. The number of carbonyl (C=O) groups excluding carboxylic acids is 3. The first kappa shape index (κ1) is 22.6. The second-order valence-electron chi connectivity index (χ2n) is 7.26. The molecule has 0 aromatic heterocycles. The van der Waals surface area contributed by atoms with Gasteiger partial charge in [0.05, 0.1) is 10.7 Å². The summed E-state index contributed by atoms with van der Waals surface area (Å²) in [5.74, 6) is -1.61. The Morgan fingerprint density at radius 3 is 2.39 bits per heavy atom. The highest BCUT2D eigenvalue weighted by molar-refractivity contribution is 6.53. The average Bonchev–Trinajstić information content (AvgIpc) is 3.03. The molecule has 3 amide bonds. The van der Waals surface area contributed by atoms with Gasteiger partial charge in [0.25, 0.3) is 17.7 Å². The van der Waals surface area contributed by atoms with E-state index in [0.29, 0.717) is 11.3 Å². The van der Waals surface area contributed by atoms with E-state index in [-0.39, 0.29) is 27.3 Å². The second-order valence-corrected chi connectivity index (χ2v) is 8.04. The number of benzene rings is 3. The minimum Gasteiger partial charge on any atom is -0.350 e. The molecule has 0 bridgehead atoms. The SMILES string of the molecule is CCc1ccccc1NC(=O)c1cccc(NC2=C(Cl)C(=O)N(c3ccccc3Cl)C2=O)c1. The van der Waals surface area contributed by atoms with Gasteiger partial charge in [-0.15, -0.1) is 0 Å². The number of hydrogen-bond acceptors (Lipinski definition) is 4. The maximum atomic E-state index is 13.0. The van der Waals surface area contributed by atoms with Crippen LogP contribution in [0.5, 0.6) is 0 Å². The molecule has 2 N–H and O–H groups in total. The third kappa shape index (κ3) is 4.49. The molecule has 6 nitrogen and oxygen atoms in total. The number of imide groups is 1. The van der Waals surface area contributed by atoms with Gasteiger partial charge in [0.2, 0.25) is 0 Å². The van der Waals surface area contributed by atoms with E-state index in [9.17, 15) is 14.4 Å². The molecule has 3 aromatic rings. The lowest BCUT2D eigenvalue weighted by molar-refractivity contribution is -0.120. The number of para-hydroxylation sites is 2. The number of aryl methyl sites for hydroxylation is 1. The van der Waals surface area contributed by atoms with Gasteiger partial charge in [-0.05, 0) is 48.4 Å². The van der Waals surface area contributed by atoms with Crippen LogP contribution in [0.3, 0.4) is 0 Å². The highest BCUT2D eigenvalue weighted by Crippen LogP contribution is 2.34. The van der Waals surface area contributed by atoms with Crippen molar-refractivity contribution in [1.82, 2.24) is 0 Å². The van der Waals surface area contributed by atoms with Gasteiger partial charge in [-0.25, -0.2) is 4.90 Å². The summed E-state index contributed by atoms with van der Waals surface area (Å²) in [6.45, 7) is 2.01. The standard InChI is InChI=1S/C25H19Cl2N3O3/c1-2-15-8-3-5-12-19(15)29-23(31)16-9-7-10-17(14-16)28-22-21(27)24(32)30(25(22)33)20-13-6-4-11-18(20)26/h3-14,28H,2H2,1H3,(H,29,31). The van der Waals surface area contributed by atoms with Gasteiger partial charge < -0.3 is 10.6 Å². The lowest BCUT2D eigenvalue weighted by Gasteiger charge is -2.16. The fourth-order valence-corrected chi connectivity index (χ4v) is 3.92. The van der Waals surface area contributed by atoms with Crippen LogP contribution in [0.4, 0.5) is 17.1 Å². The number of carbonyl (C=O) groups is 3. The summed E-state index contributed by atoms with van der Waals surface area (Å²) in [5.41, 5.74) is 2.72. The topological polar surface area (TPSA) is 78.5 Å². The van der Waals surface area contributed by atoms with Crippen LogP contribution >= 0.6 is 23.2 Å². The highest BCUT2D eigenvalue weighted by Gasteiger charge is 2.39. The third-order valence-corrected chi connectivity index (χ3v) is 5.83. The van der Waals surface area contributed by atoms with Gasteiger partial charge in [0, 0.05) is 16.9 Å². The van der Waals surface area contributed by atoms with Gasteiger partial charge >= 0.3 is 0 Å². The lowest BCUT2D eigenvalue weighted by atomic mass is 10.1. The molecule has 0 atom stereocenters. The molecule has 3 aromatic carbocycles. The van der Waals surface area contributed by atoms with Gasteiger partial charge in [-0.1, -0.05) is 66.5 Å². The zero-order valence-electron chi connectivity index (χ0n) is 17.6. The summed E-state index contributed by atoms with van der Waals surface area (Å²) in [6, 6.07) is 20.6. The third-order valence-electron chi connectivity index (χ3n) is 5.16. The predicted octanol–water partition coefficient (Wildman–Crippen LogP) is 5.59. The normalized spacial score (nSPS) is 13.5. The number of anilines is 3. The van der Waals surface area contributed by atoms with E-state index in [1.54, 1.807) is 48.5 Å². The highest BCUT2D eigenvalue weighted by atomic mass is 35.5. The molecule has 0 saturated carbocycles. The van der Waals surface area contributed by atoms with E-state index < -0.39 is 11.8 Å². The molecule has 0 aliphatic carbocycles. The van der Waals surface area contributed by atoms with E-state index in [1.165, 1.54) is 0 Å². The first-order chi connectivity index (χ1) is 15.9. The largest absolute Gasteiger partial charge is 0.350 e. The van der Waals surface area contributed by atoms with Gasteiger partial charge in [0.1, 0.15) is 10.7 Å². The van der Waals surface area contributed by atoms with Gasteiger partial charge in [-0.2, -0.15) is 0 Å². The van der Waals surface area contributed by atoms with Crippen molar-refractivity contribution in [3.63, 3.8) is 0 Å². The Morgan fingerprint density at radius 1 is 0.909 bits per heavy atom. The molecular weight excluding hydrogens is 461 g/mol. The predicted molar refractivity (Wildman–Crippen MR) is 131 cm³/mol. The Labute approximate surface area is 200 Å². The monoisotopic (exact) mass is 479 g/mol. The molecule has 1 aliphatic rings. The van der Waals surface area contributed by atoms with E-state index >= 15 is 0 Å². The minimum atomic E-state index is -0.678. The fraction of sp³-hybridized carbons (Fsp3) is 0.0800. The zero-order chi connectivity index (χ0) is 23.5. The summed E-state index contributed by atoms with van der Waals surface area (Å²) >= 11 is 12.4. The van der Waals surface area contributed by atoms with Crippen molar-refractivity contribution >= 4 is 58.0 Å². The van der Waals surface area contributed by atoms with Crippen LogP contribution in [-0.4, -0.2) is 17.7 Å². The van der Waals surface area contributed by atoms with Crippen LogP contribution in [0.25, 0.3) is 0 Å². The first-order valence-electron chi connectivity index (χ1n) is 10.2. The second kappa shape index (κ2) is 9.48. The number of rotatable bonds is 6. The number of amides is 3. The molecule has 1 heterocycles. The Morgan fingerprint density at radius 2 is 1.64 bits per heavy atom. The van der Waals surface area contributed by atoms with E-state index in [4.69, 9.17) is 23.2 Å². The van der Waals surface area contributed by atoms with Crippen LogP contribution in [0, 0.1) is 0 Å². The van der Waals surface area contributed by atoms with E-state index in [0.717, 1.165) is 22.6 Å². The van der Waals surface area contributed by atoms with Crippen molar-refractivity contribution in [3.05, 3.63) is 99.7 Å². The molecule has 1 aliphatic heterocycles. The Bertz CT molecular complexity index is 1300. The maximum absolute atomic E-state index is 13.0. The van der Waals surface area contributed by atoms with Crippen LogP contribution in [0.15, 0.2) is 83.5 Å². The van der Waals surface area contributed by atoms with Gasteiger partial charge in [0.15, 0.2) is 0 Å². The summed E-state index contributed by atoms with van der Waals surface area (Å²) in [6.07, 6.45) is 0.781. The zero-order valence-corrected chi connectivity index (χ0v) is 19.1. The molecule has 0 fully saturated rings. The Balaban J connectivity index is 1.56. The molecule has 4 rings (SSSR count). The molecule has 0 unspecified atom stereocenters. The molecule has 33 heavy (non-hydrogen) atoms. The van der Waals surface area contributed by atoms with Crippen molar-refractivity contribution < 1.29 is 14.4 Å². The van der Waals surface area contributed by atoms with Crippen molar-refractivity contribution in [3.8, 4) is 0 Å². The van der Waals surface area contributed by atoms with E-state index in [1.807, 2.05) is 31.2 Å².